The van der Waals surface area contributed by atoms with Crippen LogP contribution in [-0.2, 0) is 0 Å². The van der Waals surface area contributed by atoms with Crippen molar-refractivity contribution in [3.63, 3.8) is 0 Å². The summed E-state index contributed by atoms with van der Waals surface area (Å²) in [5.74, 6) is 1.35. The van der Waals surface area contributed by atoms with Gasteiger partial charge in [-0.2, -0.15) is 11.8 Å². The molecule has 0 aromatic rings. The van der Waals surface area contributed by atoms with E-state index in [1.54, 1.807) is 5.57 Å². The van der Waals surface area contributed by atoms with E-state index in [1.807, 2.05) is 0 Å². The van der Waals surface area contributed by atoms with Crippen molar-refractivity contribution in [3.8, 4) is 0 Å². The third-order valence-electron chi connectivity index (χ3n) is 10.1. The Bertz CT molecular complexity index is 733. The predicted molar refractivity (Wildman–Crippen MR) is 185 cm³/mol. The molecule has 0 radical (unpaired) electrons. The molecule has 2 heteroatoms. The number of hydrogen-bond donors (Lipinski definition) is 0. The first-order valence-corrected chi connectivity index (χ1v) is 18.6. The molecule has 0 bridgehead atoms. The molecule has 0 amide bonds. The van der Waals surface area contributed by atoms with E-state index < -0.39 is 0 Å². The molecule has 1 aliphatic carbocycles. The van der Waals surface area contributed by atoms with Crippen molar-refractivity contribution in [2.45, 2.75) is 168 Å². The SMILES string of the molecule is C=C(CCCC1(CCCC(=C)CC2(C)CC(=CCC)C2)CCN(C)CC1)CCC(C)SCCCCCCCCC. The van der Waals surface area contributed by atoms with Gasteiger partial charge in [-0.3, -0.25) is 0 Å². The summed E-state index contributed by atoms with van der Waals surface area (Å²) in [5, 5.41) is 0.779. The van der Waals surface area contributed by atoms with Crippen molar-refractivity contribution < 1.29 is 0 Å². The van der Waals surface area contributed by atoms with E-state index >= 15 is 0 Å². The number of nitrogens with zero attached hydrogens (tertiary/aromatic N) is 1. The lowest BCUT2D eigenvalue weighted by Gasteiger charge is -2.43. The Morgan fingerprint density at radius 3 is 2.10 bits per heavy atom. The number of allylic oxidation sites excluding steroid dienone is 4. The fraction of sp³-hybridized carbons (Fsp3) is 0.842. The normalized spacial score (nSPS) is 21.7. The molecule has 1 saturated heterocycles. The Morgan fingerprint density at radius 2 is 1.48 bits per heavy atom. The van der Waals surface area contributed by atoms with Gasteiger partial charge in [0.05, 0.1) is 0 Å². The molecular weight excluding hydrogens is 502 g/mol. The average molecular weight is 572 g/mol. The lowest BCUT2D eigenvalue weighted by atomic mass is 9.63. The van der Waals surface area contributed by atoms with Crippen molar-refractivity contribution in [2.24, 2.45) is 10.8 Å². The molecule has 1 unspecified atom stereocenters. The predicted octanol–water partition coefficient (Wildman–Crippen LogP) is 12.3. The Morgan fingerprint density at radius 1 is 0.875 bits per heavy atom. The second-order valence-corrected chi connectivity index (χ2v) is 16.0. The van der Waals surface area contributed by atoms with Crippen molar-refractivity contribution in [1.82, 2.24) is 4.90 Å². The molecule has 1 atom stereocenters. The smallest absolute Gasteiger partial charge is 0.00217 e. The van der Waals surface area contributed by atoms with Crippen LogP contribution in [0, 0.1) is 10.8 Å². The number of rotatable bonds is 23. The topological polar surface area (TPSA) is 3.24 Å². The lowest BCUT2D eigenvalue weighted by Crippen LogP contribution is -2.38. The standard InChI is InChI=1S/C38H69NS/c1-8-10-11-12-13-14-15-29-40-35(5)22-21-33(3)19-16-23-38(25-27-39(7)28-26-38)24-17-20-34(4)30-37(6)31-36(32-37)18-9-2/h18,35H,3-4,8-17,19-32H2,1-2,5-7H3. The highest BCUT2D eigenvalue weighted by atomic mass is 32.2. The molecule has 1 aliphatic heterocycles. The molecule has 2 rings (SSSR count). The monoisotopic (exact) mass is 572 g/mol. The number of thioether (sulfide) groups is 1. The largest absolute Gasteiger partial charge is 0.306 e. The molecule has 232 valence electrons. The van der Waals surface area contributed by atoms with Crippen molar-refractivity contribution in [2.75, 3.05) is 25.9 Å². The van der Waals surface area contributed by atoms with Crippen LogP contribution in [0.1, 0.15) is 163 Å². The van der Waals surface area contributed by atoms with Crippen LogP contribution in [0.25, 0.3) is 0 Å². The van der Waals surface area contributed by atoms with Gasteiger partial charge in [-0.05, 0) is 133 Å². The molecule has 1 nitrogen and oxygen atoms in total. The number of likely N-dealkylation sites (tertiary alicyclic amines) is 1. The average Bonchev–Trinajstić information content (AvgIpc) is 2.90. The number of unbranched alkanes of at least 4 members (excludes halogenated alkanes) is 6. The zero-order chi connectivity index (χ0) is 29.3. The van der Waals surface area contributed by atoms with E-state index in [-0.39, 0.29) is 0 Å². The molecule has 1 heterocycles. The van der Waals surface area contributed by atoms with Crippen LogP contribution in [0.15, 0.2) is 36.0 Å². The minimum absolute atomic E-state index is 0.494. The van der Waals surface area contributed by atoms with Gasteiger partial charge in [0.1, 0.15) is 0 Å². The van der Waals surface area contributed by atoms with Gasteiger partial charge < -0.3 is 4.90 Å². The third kappa shape index (κ3) is 14.6. The molecule has 2 fully saturated rings. The summed E-state index contributed by atoms with van der Waals surface area (Å²) in [5.41, 5.74) is 5.75. The zero-order valence-electron chi connectivity index (χ0n) is 27.9. The van der Waals surface area contributed by atoms with Gasteiger partial charge in [-0.15, -0.1) is 0 Å². The van der Waals surface area contributed by atoms with E-state index in [0.717, 1.165) is 5.25 Å². The van der Waals surface area contributed by atoms with Gasteiger partial charge in [0.2, 0.25) is 0 Å². The molecule has 0 aromatic carbocycles. The van der Waals surface area contributed by atoms with Crippen LogP contribution in [0.3, 0.4) is 0 Å². The van der Waals surface area contributed by atoms with E-state index in [2.05, 4.69) is 70.6 Å². The molecule has 1 saturated carbocycles. The minimum Gasteiger partial charge on any atom is -0.306 e. The summed E-state index contributed by atoms with van der Waals surface area (Å²) in [6.45, 7) is 21.1. The lowest BCUT2D eigenvalue weighted by molar-refractivity contribution is 0.0976. The molecular formula is C38H69NS. The highest BCUT2D eigenvalue weighted by Gasteiger charge is 2.36. The van der Waals surface area contributed by atoms with Crippen LogP contribution in [0.4, 0.5) is 0 Å². The first kappa shape index (κ1) is 35.7. The Labute approximate surface area is 256 Å². The fourth-order valence-corrected chi connectivity index (χ4v) is 8.46. The molecule has 0 N–H and O–H groups in total. The molecule has 2 aliphatic rings. The third-order valence-corrected chi connectivity index (χ3v) is 11.4. The molecule has 40 heavy (non-hydrogen) atoms. The van der Waals surface area contributed by atoms with Crippen LogP contribution < -0.4 is 0 Å². The molecule has 0 spiro atoms. The van der Waals surface area contributed by atoms with Crippen LogP contribution in [-0.4, -0.2) is 36.0 Å². The van der Waals surface area contributed by atoms with Gasteiger partial charge >= 0.3 is 0 Å². The van der Waals surface area contributed by atoms with E-state index in [0.29, 0.717) is 10.8 Å². The van der Waals surface area contributed by atoms with E-state index in [1.165, 1.54) is 165 Å². The van der Waals surface area contributed by atoms with Gasteiger partial charge in [0, 0.05) is 5.25 Å². The minimum atomic E-state index is 0.494. The quantitative estimate of drug-likeness (QED) is 0.0886. The fourth-order valence-electron chi connectivity index (χ4n) is 7.40. The van der Waals surface area contributed by atoms with Gasteiger partial charge in [0.25, 0.3) is 0 Å². The maximum Gasteiger partial charge on any atom is 0.00217 e. The zero-order valence-corrected chi connectivity index (χ0v) is 28.7. The summed E-state index contributed by atoms with van der Waals surface area (Å²) < 4.78 is 0. The van der Waals surface area contributed by atoms with Crippen LogP contribution in [0.5, 0.6) is 0 Å². The van der Waals surface area contributed by atoms with Crippen molar-refractivity contribution in [3.05, 3.63) is 36.0 Å². The first-order valence-electron chi connectivity index (χ1n) is 17.5. The summed E-state index contributed by atoms with van der Waals surface area (Å²) in [4.78, 5) is 2.54. The first-order chi connectivity index (χ1) is 19.2. The highest BCUT2D eigenvalue weighted by Crippen LogP contribution is 2.50. The maximum absolute atomic E-state index is 4.53. The maximum atomic E-state index is 4.53. The van der Waals surface area contributed by atoms with Crippen LogP contribution in [0.2, 0.25) is 0 Å². The second-order valence-electron chi connectivity index (χ2n) is 14.5. The van der Waals surface area contributed by atoms with Gasteiger partial charge in [-0.25, -0.2) is 0 Å². The van der Waals surface area contributed by atoms with Crippen LogP contribution >= 0.6 is 11.8 Å². The summed E-state index contributed by atoms with van der Waals surface area (Å²) in [6.07, 6.45) is 30.7. The summed E-state index contributed by atoms with van der Waals surface area (Å²) in [6, 6.07) is 0. The summed E-state index contributed by atoms with van der Waals surface area (Å²) in [7, 11) is 2.31. The second kappa shape index (κ2) is 19.7. The highest BCUT2D eigenvalue weighted by molar-refractivity contribution is 7.99. The van der Waals surface area contributed by atoms with Crippen molar-refractivity contribution >= 4 is 11.8 Å². The summed E-state index contributed by atoms with van der Waals surface area (Å²) >= 11 is 2.20. The Kier molecular flexibility index (Phi) is 17.6. The Hall–Kier alpha value is -0.470. The van der Waals surface area contributed by atoms with Crippen molar-refractivity contribution in [1.29, 1.82) is 0 Å². The number of piperidine rings is 1. The van der Waals surface area contributed by atoms with Gasteiger partial charge in [0.15, 0.2) is 0 Å². The van der Waals surface area contributed by atoms with E-state index in [4.69, 9.17) is 0 Å². The van der Waals surface area contributed by atoms with E-state index in [9.17, 15) is 0 Å². The van der Waals surface area contributed by atoms with Gasteiger partial charge in [-0.1, -0.05) is 102 Å². The molecule has 0 aromatic heterocycles. The number of hydrogen-bond acceptors (Lipinski definition) is 2. The Balaban J connectivity index is 1.62.